The molecule has 2 rings (SSSR count). The van der Waals surface area contributed by atoms with Crippen molar-refractivity contribution in [1.29, 1.82) is 0 Å². The van der Waals surface area contributed by atoms with Crippen LogP contribution in [0.25, 0.3) is 0 Å². The first-order valence-corrected chi connectivity index (χ1v) is 10.3. The predicted octanol–water partition coefficient (Wildman–Crippen LogP) is 2.87. The van der Waals surface area contributed by atoms with Crippen molar-refractivity contribution < 1.29 is 22.7 Å². The van der Waals surface area contributed by atoms with E-state index in [2.05, 4.69) is 5.32 Å². The van der Waals surface area contributed by atoms with Gasteiger partial charge in [0.05, 0.1) is 30.0 Å². The van der Waals surface area contributed by atoms with Crippen LogP contribution < -0.4 is 20.5 Å². The van der Waals surface area contributed by atoms with Gasteiger partial charge in [0.15, 0.2) is 9.84 Å². The monoisotopic (exact) mass is 392 g/mol. The van der Waals surface area contributed by atoms with E-state index in [1.165, 1.54) is 12.1 Å². The van der Waals surface area contributed by atoms with Crippen LogP contribution >= 0.6 is 0 Å². The van der Waals surface area contributed by atoms with Crippen molar-refractivity contribution in [2.24, 2.45) is 0 Å². The Hall–Kier alpha value is -2.74. The summed E-state index contributed by atoms with van der Waals surface area (Å²) in [7, 11) is -1.66. The van der Waals surface area contributed by atoms with Crippen LogP contribution in [-0.2, 0) is 14.6 Å². The molecule has 0 aliphatic heterocycles. The van der Waals surface area contributed by atoms with E-state index in [4.69, 9.17) is 15.2 Å². The number of methoxy groups -OCH3 is 1. The third-order valence-electron chi connectivity index (χ3n) is 3.85. The van der Waals surface area contributed by atoms with Gasteiger partial charge in [-0.3, -0.25) is 4.79 Å². The largest absolute Gasteiger partial charge is 0.497 e. The number of unbranched alkanes of at least 4 members (excludes halogenated alkanes) is 1. The fraction of sp³-hybridized carbons (Fsp3) is 0.316. The number of amides is 1. The van der Waals surface area contributed by atoms with Crippen molar-refractivity contribution >= 4 is 27.1 Å². The van der Waals surface area contributed by atoms with Crippen LogP contribution in [0.4, 0.5) is 11.4 Å². The minimum Gasteiger partial charge on any atom is -0.497 e. The quantitative estimate of drug-likeness (QED) is 0.502. The van der Waals surface area contributed by atoms with E-state index in [-0.39, 0.29) is 10.8 Å². The molecule has 0 spiro atoms. The van der Waals surface area contributed by atoms with Crippen molar-refractivity contribution in [3.8, 4) is 11.5 Å². The number of ether oxygens (including phenoxy) is 2. The van der Waals surface area contributed by atoms with Crippen LogP contribution in [0.15, 0.2) is 47.4 Å². The van der Waals surface area contributed by atoms with Gasteiger partial charge < -0.3 is 20.5 Å². The van der Waals surface area contributed by atoms with Crippen molar-refractivity contribution in [2.75, 3.05) is 31.0 Å². The lowest BCUT2D eigenvalue weighted by molar-refractivity contribution is -0.116. The number of hydrogen-bond acceptors (Lipinski definition) is 6. The van der Waals surface area contributed by atoms with E-state index in [1.807, 2.05) is 0 Å². The smallest absolute Gasteiger partial charge is 0.224 e. The maximum absolute atomic E-state index is 12.0. The summed E-state index contributed by atoms with van der Waals surface area (Å²) in [6.07, 6.45) is 2.84. The standard InChI is InChI=1S/C19H24N2O5S/c1-25-15-8-11-17(20)18(13-15)21-19(22)5-3-4-12-26-14-6-9-16(10-7-14)27(2,23)24/h6-11,13H,3-5,12,20H2,1-2H3,(H,21,22). The van der Waals surface area contributed by atoms with Gasteiger partial charge in [-0.25, -0.2) is 8.42 Å². The molecule has 0 atom stereocenters. The van der Waals surface area contributed by atoms with Crippen LogP contribution in [0.1, 0.15) is 19.3 Å². The van der Waals surface area contributed by atoms with Crippen LogP contribution in [0.3, 0.4) is 0 Å². The average molecular weight is 392 g/mol. The molecule has 0 bridgehead atoms. The molecule has 0 saturated heterocycles. The summed E-state index contributed by atoms with van der Waals surface area (Å²) in [5.41, 5.74) is 6.85. The molecule has 0 radical (unpaired) electrons. The van der Waals surface area contributed by atoms with E-state index in [1.54, 1.807) is 37.4 Å². The first-order chi connectivity index (χ1) is 12.8. The summed E-state index contributed by atoms with van der Waals surface area (Å²) in [5, 5.41) is 2.77. The van der Waals surface area contributed by atoms with E-state index >= 15 is 0 Å². The maximum Gasteiger partial charge on any atom is 0.224 e. The lowest BCUT2D eigenvalue weighted by Crippen LogP contribution is -2.13. The summed E-state index contributed by atoms with van der Waals surface area (Å²) in [5.74, 6) is 1.08. The zero-order valence-corrected chi connectivity index (χ0v) is 16.2. The van der Waals surface area contributed by atoms with E-state index < -0.39 is 9.84 Å². The minimum atomic E-state index is -3.21. The van der Waals surface area contributed by atoms with Gasteiger partial charge in [-0.1, -0.05) is 0 Å². The predicted molar refractivity (Wildman–Crippen MR) is 105 cm³/mol. The average Bonchev–Trinajstić information content (AvgIpc) is 2.63. The molecule has 0 aromatic heterocycles. The topological polar surface area (TPSA) is 108 Å². The fourth-order valence-electron chi connectivity index (χ4n) is 2.34. The van der Waals surface area contributed by atoms with Gasteiger partial charge in [-0.2, -0.15) is 0 Å². The Labute approximate surface area is 159 Å². The molecule has 1 amide bonds. The van der Waals surface area contributed by atoms with E-state index in [0.717, 1.165) is 6.26 Å². The Morgan fingerprint density at radius 3 is 2.37 bits per heavy atom. The molecular formula is C19H24N2O5S. The lowest BCUT2D eigenvalue weighted by atomic mass is 10.2. The molecule has 0 aliphatic rings. The first kappa shape index (κ1) is 20.6. The number of nitrogens with one attached hydrogen (secondary N) is 1. The molecule has 146 valence electrons. The Kier molecular flexibility index (Phi) is 7.06. The number of nitrogens with two attached hydrogens (primary N) is 1. The molecule has 0 saturated carbocycles. The molecule has 2 aromatic rings. The van der Waals surface area contributed by atoms with Gasteiger partial charge in [0.1, 0.15) is 11.5 Å². The highest BCUT2D eigenvalue weighted by Crippen LogP contribution is 2.24. The number of benzene rings is 2. The van der Waals surface area contributed by atoms with Crippen molar-refractivity contribution in [2.45, 2.75) is 24.2 Å². The lowest BCUT2D eigenvalue weighted by Gasteiger charge is -2.10. The van der Waals surface area contributed by atoms with Gasteiger partial charge in [-0.15, -0.1) is 0 Å². The van der Waals surface area contributed by atoms with Crippen molar-refractivity contribution in [3.63, 3.8) is 0 Å². The normalized spacial score (nSPS) is 11.0. The zero-order valence-electron chi connectivity index (χ0n) is 15.4. The molecule has 27 heavy (non-hydrogen) atoms. The molecular weight excluding hydrogens is 368 g/mol. The summed E-state index contributed by atoms with van der Waals surface area (Å²) in [4.78, 5) is 12.3. The summed E-state index contributed by atoms with van der Waals surface area (Å²) in [6, 6.07) is 11.3. The van der Waals surface area contributed by atoms with Crippen molar-refractivity contribution in [3.05, 3.63) is 42.5 Å². The summed E-state index contributed by atoms with van der Waals surface area (Å²) >= 11 is 0. The van der Waals surface area contributed by atoms with Crippen LogP contribution in [-0.4, -0.2) is 34.3 Å². The molecule has 0 fully saturated rings. The Morgan fingerprint density at radius 2 is 1.74 bits per heavy atom. The number of nitrogen functional groups attached to an aromatic ring is 1. The molecule has 0 heterocycles. The highest BCUT2D eigenvalue weighted by Gasteiger charge is 2.08. The third kappa shape index (κ3) is 6.49. The number of carbonyl (C=O) groups excluding carboxylic acids is 1. The number of anilines is 2. The number of hydrogen-bond donors (Lipinski definition) is 2. The molecule has 7 nitrogen and oxygen atoms in total. The Balaban J connectivity index is 1.71. The second-order valence-electron chi connectivity index (χ2n) is 6.05. The molecule has 0 aliphatic carbocycles. The number of sulfone groups is 1. The molecule has 2 aromatic carbocycles. The summed E-state index contributed by atoms with van der Waals surface area (Å²) < 4.78 is 33.5. The Morgan fingerprint density at radius 1 is 1.07 bits per heavy atom. The molecule has 0 unspecified atom stereocenters. The van der Waals surface area contributed by atoms with Crippen LogP contribution in [0, 0.1) is 0 Å². The minimum absolute atomic E-state index is 0.132. The van der Waals surface area contributed by atoms with Gasteiger partial charge in [0.2, 0.25) is 5.91 Å². The van der Waals surface area contributed by atoms with Gasteiger partial charge in [0.25, 0.3) is 0 Å². The van der Waals surface area contributed by atoms with E-state index in [9.17, 15) is 13.2 Å². The van der Waals surface area contributed by atoms with E-state index in [0.29, 0.717) is 48.7 Å². The highest BCUT2D eigenvalue weighted by atomic mass is 32.2. The maximum atomic E-state index is 12.0. The van der Waals surface area contributed by atoms with Crippen molar-refractivity contribution in [1.82, 2.24) is 0 Å². The SMILES string of the molecule is COc1ccc(N)c(NC(=O)CCCCOc2ccc(S(C)(=O)=O)cc2)c1. The number of rotatable bonds is 9. The fourth-order valence-corrected chi connectivity index (χ4v) is 2.97. The highest BCUT2D eigenvalue weighted by molar-refractivity contribution is 7.90. The van der Waals surface area contributed by atoms with Gasteiger partial charge in [-0.05, 0) is 49.2 Å². The first-order valence-electron chi connectivity index (χ1n) is 8.46. The second kappa shape index (κ2) is 9.27. The third-order valence-corrected chi connectivity index (χ3v) is 4.98. The second-order valence-corrected chi connectivity index (χ2v) is 8.07. The molecule has 8 heteroatoms. The summed E-state index contributed by atoms with van der Waals surface area (Å²) in [6.45, 7) is 0.437. The van der Waals surface area contributed by atoms with Gasteiger partial charge >= 0.3 is 0 Å². The Bertz CT molecular complexity index is 879. The van der Waals surface area contributed by atoms with Gasteiger partial charge in [0, 0.05) is 18.7 Å². The number of carbonyl (C=O) groups is 1. The van der Waals surface area contributed by atoms with Crippen LogP contribution in [0.2, 0.25) is 0 Å². The zero-order chi connectivity index (χ0) is 19.9. The van der Waals surface area contributed by atoms with Crippen LogP contribution in [0.5, 0.6) is 11.5 Å². The molecule has 3 N–H and O–H groups in total.